The Morgan fingerprint density at radius 3 is 2.74 bits per heavy atom. The number of carbonyl (C=O) groups is 1. The van der Waals surface area contributed by atoms with Crippen molar-refractivity contribution in [2.75, 3.05) is 11.9 Å². The van der Waals surface area contributed by atoms with Gasteiger partial charge in [-0.3, -0.25) is 4.57 Å². The number of hydrogen-bond acceptors (Lipinski definition) is 4. The summed E-state index contributed by atoms with van der Waals surface area (Å²) in [7, 11) is 0. The van der Waals surface area contributed by atoms with Gasteiger partial charge in [0.05, 0.1) is 22.6 Å². The molecule has 3 aromatic rings. The van der Waals surface area contributed by atoms with Gasteiger partial charge in [0.25, 0.3) is 0 Å². The number of ether oxygens (including phenoxy) is 1. The molecule has 27 heavy (non-hydrogen) atoms. The number of aryl methyl sites for hydroxylation is 1. The average molecular weight is 359 g/mol. The largest absolute Gasteiger partial charge is 0.458 e. The highest BCUT2D eigenvalue weighted by molar-refractivity contribution is 5.94. The number of nitrogens with zero attached hydrogens (tertiary/aromatic N) is 2. The SMILES string of the molecule is C=CCOC(=O)C1=C(C)Nc2nc3ccccc3n2[C@@H]1c1ccccc1C. The zero-order valence-corrected chi connectivity index (χ0v) is 15.4. The number of hydrogen-bond donors (Lipinski definition) is 1. The van der Waals surface area contributed by atoms with Crippen molar-refractivity contribution < 1.29 is 9.53 Å². The zero-order chi connectivity index (χ0) is 19.0. The van der Waals surface area contributed by atoms with Crippen LogP contribution in [-0.2, 0) is 9.53 Å². The van der Waals surface area contributed by atoms with Gasteiger partial charge in [0.15, 0.2) is 0 Å². The summed E-state index contributed by atoms with van der Waals surface area (Å²) < 4.78 is 7.49. The Labute approximate surface area is 158 Å². The van der Waals surface area contributed by atoms with Crippen LogP contribution in [0.1, 0.15) is 24.1 Å². The van der Waals surface area contributed by atoms with E-state index in [0.29, 0.717) is 5.57 Å². The van der Waals surface area contributed by atoms with Gasteiger partial charge in [-0.2, -0.15) is 0 Å². The molecule has 1 aliphatic heterocycles. The number of para-hydroxylation sites is 2. The Kier molecular flexibility index (Phi) is 4.28. The van der Waals surface area contributed by atoms with Gasteiger partial charge in [-0.05, 0) is 37.1 Å². The highest BCUT2D eigenvalue weighted by Gasteiger charge is 2.35. The number of rotatable bonds is 4. The number of benzene rings is 2. The van der Waals surface area contributed by atoms with Crippen LogP contribution in [-0.4, -0.2) is 22.1 Å². The summed E-state index contributed by atoms with van der Waals surface area (Å²) in [6, 6.07) is 15.7. The summed E-state index contributed by atoms with van der Waals surface area (Å²) in [6.07, 6.45) is 1.57. The summed E-state index contributed by atoms with van der Waals surface area (Å²) in [5.41, 5.74) is 5.34. The fraction of sp³-hybridized carbons (Fsp3) is 0.182. The molecule has 0 saturated heterocycles. The summed E-state index contributed by atoms with van der Waals surface area (Å²) in [5, 5.41) is 3.28. The zero-order valence-electron chi connectivity index (χ0n) is 15.4. The van der Waals surface area contributed by atoms with Crippen LogP contribution in [0.15, 0.2) is 72.5 Å². The monoisotopic (exact) mass is 359 g/mol. The molecule has 1 aromatic heterocycles. The van der Waals surface area contributed by atoms with Crippen molar-refractivity contribution >= 4 is 23.0 Å². The molecule has 0 bridgehead atoms. The molecule has 0 amide bonds. The van der Waals surface area contributed by atoms with Crippen LogP contribution in [0.25, 0.3) is 11.0 Å². The Bertz CT molecular complexity index is 1080. The molecule has 1 N–H and O–H groups in total. The van der Waals surface area contributed by atoms with E-state index < -0.39 is 0 Å². The molecule has 2 heterocycles. The molecular weight excluding hydrogens is 338 g/mol. The molecule has 1 aliphatic rings. The third-order valence-corrected chi connectivity index (χ3v) is 4.87. The lowest BCUT2D eigenvalue weighted by molar-refractivity contribution is -0.138. The Morgan fingerprint density at radius 1 is 1.22 bits per heavy atom. The molecule has 5 heteroatoms. The number of aromatic nitrogens is 2. The van der Waals surface area contributed by atoms with Crippen molar-refractivity contribution in [1.82, 2.24) is 9.55 Å². The highest BCUT2D eigenvalue weighted by Crippen LogP contribution is 2.40. The third-order valence-electron chi connectivity index (χ3n) is 4.87. The van der Waals surface area contributed by atoms with Gasteiger partial charge in [-0.25, -0.2) is 9.78 Å². The molecule has 4 rings (SSSR count). The standard InChI is InChI=1S/C22H21N3O2/c1-4-13-27-21(26)19-15(3)23-22-24-17-11-7-8-12-18(17)25(22)20(19)16-10-6-5-9-14(16)2/h4-12,20H,1,13H2,2-3H3,(H,23,24)/t20-/m1/s1. The maximum absolute atomic E-state index is 12.9. The lowest BCUT2D eigenvalue weighted by Gasteiger charge is -2.31. The van der Waals surface area contributed by atoms with Crippen molar-refractivity contribution in [3.63, 3.8) is 0 Å². The minimum absolute atomic E-state index is 0.174. The van der Waals surface area contributed by atoms with Crippen LogP contribution in [0.3, 0.4) is 0 Å². The van der Waals surface area contributed by atoms with Crippen molar-refractivity contribution in [1.29, 1.82) is 0 Å². The minimum Gasteiger partial charge on any atom is -0.458 e. The van der Waals surface area contributed by atoms with E-state index in [1.807, 2.05) is 43.3 Å². The van der Waals surface area contributed by atoms with Gasteiger partial charge < -0.3 is 10.1 Å². The molecule has 5 nitrogen and oxygen atoms in total. The summed E-state index contributed by atoms with van der Waals surface area (Å²) in [5.74, 6) is 0.374. The molecule has 136 valence electrons. The van der Waals surface area contributed by atoms with Crippen molar-refractivity contribution in [2.45, 2.75) is 19.9 Å². The predicted molar refractivity (Wildman–Crippen MR) is 107 cm³/mol. The van der Waals surface area contributed by atoms with Gasteiger partial charge >= 0.3 is 5.97 Å². The van der Waals surface area contributed by atoms with E-state index in [1.165, 1.54) is 0 Å². The second-order valence-corrected chi connectivity index (χ2v) is 6.60. The van der Waals surface area contributed by atoms with Crippen molar-refractivity contribution in [3.8, 4) is 0 Å². The lowest BCUT2D eigenvalue weighted by Crippen LogP contribution is -2.29. The van der Waals surface area contributed by atoms with E-state index in [9.17, 15) is 4.79 Å². The smallest absolute Gasteiger partial charge is 0.338 e. The first-order valence-corrected chi connectivity index (χ1v) is 8.90. The predicted octanol–water partition coefficient (Wildman–Crippen LogP) is 4.36. The summed E-state index contributed by atoms with van der Waals surface area (Å²) in [4.78, 5) is 17.6. The number of carbonyl (C=O) groups excluding carboxylic acids is 1. The molecule has 2 aromatic carbocycles. The van der Waals surface area contributed by atoms with E-state index in [-0.39, 0.29) is 18.6 Å². The van der Waals surface area contributed by atoms with Crippen LogP contribution in [0.2, 0.25) is 0 Å². The fourth-order valence-corrected chi connectivity index (χ4v) is 3.63. The average Bonchev–Trinajstić information content (AvgIpc) is 3.03. The molecule has 0 fully saturated rings. The number of allylic oxidation sites excluding steroid dienone is 1. The van der Waals surface area contributed by atoms with E-state index >= 15 is 0 Å². The molecule has 1 atom stereocenters. The highest BCUT2D eigenvalue weighted by atomic mass is 16.5. The number of esters is 1. The van der Waals surface area contributed by atoms with Gasteiger partial charge in [-0.1, -0.05) is 49.1 Å². The molecule has 0 aliphatic carbocycles. The number of imidazole rings is 1. The second kappa shape index (κ2) is 6.76. The first-order chi connectivity index (χ1) is 13.1. The Balaban J connectivity index is 1.97. The van der Waals surface area contributed by atoms with E-state index in [0.717, 1.165) is 33.8 Å². The van der Waals surface area contributed by atoms with Crippen LogP contribution >= 0.6 is 0 Å². The number of fused-ring (bicyclic) bond motifs is 3. The van der Waals surface area contributed by atoms with Crippen molar-refractivity contribution in [3.05, 3.63) is 83.6 Å². The quantitative estimate of drug-likeness (QED) is 0.555. The van der Waals surface area contributed by atoms with E-state index in [1.54, 1.807) is 6.08 Å². The van der Waals surface area contributed by atoms with Crippen LogP contribution < -0.4 is 5.32 Å². The Morgan fingerprint density at radius 2 is 1.96 bits per heavy atom. The van der Waals surface area contributed by atoms with Gasteiger partial charge in [0, 0.05) is 5.70 Å². The summed E-state index contributed by atoms with van der Waals surface area (Å²) >= 11 is 0. The number of nitrogens with one attached hydrogen (secondary N) is 1. The van der Waals surface area contributed by atoms with Gasteiger partial charge in [0.1, 0.15) is 6.61 Å². The second-order valence-electron chi connectivity index (χ2n) is 6.60. The third kappa shape index (κ3) is 2.81. The topological polar surface area (TPSA) is 56.1 Å². The van der Waals surface area contributed by atoms with E-state index in [2.05, 4.69) is 35.5 Å². The fourth-order valence-electron chi connectivity index (χ4n) is 3.63. The molecule has 0 spiro atoms. The Hall–Kier alpha value is -3.34. The minimum atomic E-state index is -0.350. The molecule has 0 radical (unpaired) electrons. The van der Waals surface area contributed by atoms with Crippen LogP contribution in [0, 0.1) is 6.92 Å². The first-order valence-electron chi connectivity index (χ1n) is 8.90. The van der Waals surface area contributed by atoms with E-state index in [4.69, 9.17) is 9.72 Å². The maximum atomic E-state index is 12.9. The molecule has 0 saturated carbocycles. The summed E-state index contributed by atoms with van der Waals surface area (Å²) in [6.45, 7) is 7.75. The number of anilines is 1. The molecule has 0 unspecified atom stereocenters. The van der Waals surface area contributed by atoms with Gasteiger partial charge in [-0.15, -0.1) is 0 Å². The molecular formula is C22H21N3O2. The maximum Gasteiger partial charge on any atom is 0.338 e. The first kappa shape index (κ1) is 17.1. The lowest BCUT2D eigenvalue weighted by atomic mass is 9.92. The van der Waals surface area contributed by atoms with Crippen molar-refractivity contribution in [2.24, 2.45) is 0 Å². The van der Waals surface area contributed by atoms with Crippen LogP contribution in [0.4, 0.5) is 5.95 Å². The normalized spacial score (nSPS) is 16.0. The van der Waals surface area contributed by atoms with Crippen LogP contribution in [0.5, 0.6) is 0 Å². The van der Waals surface area contributed by atoms with Gasteiger partial charge in [0.2, 0.25) is 5.95 Å².